The molecule has 0 saturated carbocycles. The van der Waals surface area contributed by atoms with E-state index in [1.807, 2.05) is 24.3 Å². The molecule has 0 atom stereocenters. The van der Waals surface area contributed by atoms with Crippen molar-refractivity contribution in [2.24, 2.45) is 0 Å². The van der Waals surface area contributed by atoms with Crippen LogP contribution in [0.2, 0.25) is 0 Å². The summed E-state index contributed by atoms with van der Waals surface area (Å²) in [6.07, 6.45) is 16.4. The SMILES string of the molecule is CCCCCCCCCCCCCCNc1ccc(C#CC(=O)O)cc1. The topological polar surface area (TPSA) is 49.3 Å². The minimum absolute atomic E-state index is 0.725. The van der Waals surface area contributed by atoms with Gasteiger partial charge in [-0.15, -0.1) is 0 Å². The van der Waals surface area contributed by atoms with Gasteiger partial charge in [0, 0.05) is 23.7 Å². The number of nitrogens with one attached hydrogen (secondary N) is 1. The molecule has 3 heteroatoms. The number of aliphatic carboxylic acids is 1. The van der Waals surface area contributed by atoms with Crippen molar-refractivity contribution in [1.82, 2.24) is 0 Å². The van der Waals surface area contributed by atoms with Crippen LogP contribution in [0.3, 0.4) is 0 Å². The van der Waals surface area contributed by atoms with Crippen LogP contribution in [-0.2, 0) is 4.79 Å². The lowest BCUT2D eigenvalue weighted by Gasteiger charge is -2.06. The predicted octanol–water partition coefficient (Wildman–Crippen LogP) is 6.24. The van der Waals surface area contributed by atoms with Gasteiger partial charge in [-0.05, 0) is 30.7 Å². The van der Waals surface area contributed by atoms with Crippen LogP contribution in [-0.4, -0.2) is 17.6 Å². The highest BCUT2D eigenvalue weighted by Crippen LogP contribution is 2.13. The Balaban J connectivity index is 1.94. The van der Waals surface area contributed by atoms with E-state index >= 15 is 0 Å². The molecule has 144 valence electrons. The van der Waals surface area contributed by atoms with E-state index in [2.05, 4.69) is 24.1 Å². The zero-order chi connectivity index (χ0) is 18.9. The number of rotatable bonds is 14. The van der Waals surface area contributed by atoms with Gasteiger partial charge < -0.3 is 10.4 Å². The Labute approximate surface area is 159 Å². The average Bonchev–Trinajstić information content (AvgIpc) is 2.64. The summed E-state index contributed by atoms with van der Waals surface area (Å²) in [5, 5.41) is 11.9. The molecule has 0 aliphatic heterocycles. The smallest absolute Gasteiger partial charge is 0.382 e. The summed E-state index contributed by atoms with van der Waals surface area (Å²) < 4.78 is 0. The van der Waals surface area contributed by atoms with Crippen molar-refractivity contribution in [2.75, 3.05) is 11.9 Å². The molecule has 1 rings (SSSR count). The van der Waals surface area contributed by atoms with Crippen LogP contribution in [0.15, 0.2) is 24.3 Å². The first-order valence-corrected chi connectivity index (χ1v) is 10.3. The molecule has 3 nitrogen and oxygen atoms in total. The molecule has 0 saturated heterocycles. The van der Waals surface area contributed by atoms with Crippen molar-refractivity contribution in [1.29, 1.82) is 0 Å². The largest absolute Gasteiger partial charge is 0.472 e. The van der Waals surface area contributed by atoms with E-state index in [4.69, 9.17) is 5.11 Å². The fourth-order valence-corrected chi connectivity index (χ4v) is 3.00. The van der Waals surface area contributed by atoms with Gasteiger partial charge in [-0.3, -0.25) is 0 Å². The highest BCUT2D eigenvalue weighted by molar-refractivity contribution is 5.87. The number of anilines is 1. The molecule has 0 unspecified atom stereocenters. The van der Waals surface area contributed by atoms with Crippen LogP contribution in [0, 0.1) is 11.8 Å². The quantitative estimate of drug-likeness (QED) is 0.306. The van der Waals surface area contributed by atoms with Gasteiger partial charge in [-0.25, -0.2) is 4.79 Å². The Morgan fingerprint density at radius 3 is 1.85 bits per heavy atom. The number of carboxylic acid groups (broad SMARTS) is 1. The van der Waals surface area contributed by atoms with Crippen LogP contribution in [0.25, 0.3) is 0 Å². The zero-order valence-corrected chi connectivity index (χ0v) is 16.4. The van der Waals surface area contributed by atoms with Gasteiger partial charge in [0.25, 0.3) is 0 Å². The highest BCUT2D eigenvalue weighted by atomic mass is 16.4. The number of unbranched alkanes of at least 4 members (excludes halogenated alkanes) is 11. The first kappa shape index (κ1) is 22.1. The maximum absolute atomic E-state index is 10.4. The molecule has 0 spiro atoms. The summed E-state index contributed by atoms with van der Waals surface area (Å²) >= 11 is 0. The summed E-state index contributed by atoms with van der Waals surface area (Å²) in [7, 11) is 0. The molecule has 1 aromatic carbocycles. The van der Waals surface area contributed by atoms with Gasteiger partial charge in [0.2, 0.25) is 0 Å². The van der Waals surface area contributed by atoms with Gasteiger partial charge in [-0.1, -0.05) is 83.5 Å². The van der Waals surface area contributed by atoms with E-state index in [0.29, 0.717) is 0 Å². The molecule has 0 radical (unpaired) electrons. The Morgan fingerprint density at radius 2 is 1.35 bits per heavy atom. The Kier molecular flexibility index (Phi) is 13.0. The summed E-state index contributed by atoms with van der Waals surface area (Å²) in [6, 6.07) is 7.60. The fourth-order valence-electron chi connectivity index (χ4n) is 3.00. The maximum atomic E-state index is 10.4. The summed E-state index contributed by atoms with van der Waals surface area (Å²) in [4.78, 5) is 10.4. The van der Waals surface area contributed by atoms with E-state index in [1.54, 1.807) is 0 Å². The number of benzene rings is 1. The standard InChI is InChI=1S/C23H35NO2/c1-2-3-4-5-6-7-8-9-10-11-12-13-20-24-22-17-14-21(15-18-22)16-19-23(25)26/h14-15,17-18,24H,2-13,20H2,1H3,(H,25,26). The van der Waals surface area contributed by atoms with Crippen LogP contribution in [0.4, 0.5) is 5.69 Å². The number of carbonyl (C=O) groups is 1. The lowest BCUT2D eigenvalue weighted by molar-refractivity contribution is -0.130. The third-order valence-corrected chi connectivity index (χ3v) is 4.56. The normalized spacial score (nSPS) is 10.2. The maximum Gasteiger partial charge on any atom is 0.382 e. The minimum atomic E-state index is -1.10. The minimum Gasteiger partial charge on any atom is -0.472 e. The molecule has 2 N–H and O–H groups in total. The van der Waals surface area contributed by atoms with E-state index in [9.17, 15) is 4.79 Å². The first-order valence-electron chi connectivity index (χ1n) is 10.3. The molecule has 0 aliphatic carbocycles. The second-order valence-corrected chi connectivity index (χ2v) is 6.95. The van der Waals surface area contributed by atoms with Crippen molar-refractivity contribution in [2.45, 2.75) is 84.0 Å². The lowest BCUT2D eigenvalue weighted by atomic mass is 10.1. The molecule has 0 aromatic heterocycles. The van der Waals surface area contributed by atoms with Gasteiger partial charge in [0.05, 0.1) is 0 Å². The van der Waals surface area contributed by atoms with Gasteiger partial charge in [-0.2, -0.15) is 0 Å². The van der Waals surface area contributed by atoms with Crippen molar-refractivity contribution < 1.29 is 9.90 Å². The Hall–Kier alpha value is -1.95. The molecule has 0 bridgehead atoms. The molecule has 0 fully saturated rings. The monoisotopic (exact) mass is 357 g/mol. The van der Waals surface area contributed by atoms with Gasteiger partial charge in [0.15, 0.2) is 0 Å². The van der Waals surface area contributed by atoms with Gasteiger partial charge >= 0.3 is 5.97 Å². The average molecular weight is 358 g/mol. The van der Waals surface area contributed by atoms with E-state index in [-0.39, 0.29) is 0 Å². The number of hydrogen-bond acceptors (Lipinski definition) is 2. The van der Waals surface area contributed by atoms with Crippen LogP contribution >= 0.6 is 0 Å². The number of carboxylic acids is 1. The van der Waals surface area contributed by atoms with Crippen molar-refractivity contribution >= 4 is 11.7 Å². The van der Waals surface area contributed by atoms with Crippen molar-refractivity contribution in [3.8, 4) is 11.8 Å². The van der Waals surface area contributed by atoms with Crippen molar-refractivity contribution in [3.05, 3.63) is 29.8 Å². The molecular formula is C23H35NO2. The summed E-state index contributed by atoms with van der Waals surface area (Å²) in [5.74, 6) is 3.64. The summed E-state index contributed by atoms with van der Waals surface area (Å²) in [6.45, 7) is 3.25. The van der Waals surface area contributed by atoms with E-state index in [1.165, 1.54) is 77.0 Å². The third kappa shape index (κ3) is 12.4. The number of hydrogen-bond donors (Lipinski definition) is 2. The molecule has 0 aliphatic rings. The Morgan fingerprint density at radius 1 is 0.846 bits per heavy atom. The molecule has 0 amide bonds. The second-order valence-electron chi connectivity index (χ2n) is 6.95. The highest BCUT2D eigenvalue weighted by Gasteiger charge is 1.95. The van der Waals surface area contributed by atoms with Crippen LogP contribution in [0.5, 0.6) is 0 Å². The Bertz CT molecular complexity index is 540. The molecule has 0 heterocycles. The second kappa shape index (κ2) is 15.3. The van der Waals surface area contributed by atoms with E-state index < -0.39 is 5.97 Å². The van der Waals surface area contributed by atoms with Crippen LogP contribution < -0.4 is 5.32 Å². The fraction of sp³-hybridized carbons (Fsp3) is 0.609. The zero-order valence-electron chi connectivity index (χ0n) is 16.4. The predicted molar refractivity (Wildman–Crippen MR) is 111 cm³/mol. The molecular weight excluding hydrogens is 322 g/mol. The summed E-state index contributed by atoms with van der Waals surface area (Å²) in [5.41, 5.74) is 1.79. The van der Waals surface area contributed by atoms with Gasteiger partial charge in [0.1, 0.15) is 0 Å². The molecule has 1 aromatic rings. The lowest BCUT2D eigenvalue weighted by Crippen LogP contribution is -2.01. The van der Waals surface area contributed by atoms with E-state index in [0.717, 1.165) is 17.8 Å². The molecule has 26 heavy (non-hydrogen) atoms. The van der Waals surface area contributed by atoms with Crippen molar-refractivity contribution in [3.63, 3.8) is 0 Å². The van der Waals surface area contributed by atoms with Crippen LogP contribution in [0.1, 0.15) is 89.5 Å². The third-order valence-electron chi connectivity index (χ3n) is 4.56. The first-order chi connectivity index (χ1) is 12.7.